The van der Waals surface area contributed by atoms with Crippen LogP contribution in [-0.4, -0.2) is 6.54 Å². The highest BCUT2D eigenvalue weighted by molar-refractivity contribution is 5.19. The van der Waals surface area contributed by atoms with Gasteiger partial charge in [0.05, 0.1) is 0 Å². The quantitative estimate of drug-likeness (QED) is 0.624. The molecular weight excluding hydrogens is 263 g/mol. The molecule has 0 radical (unpaired) electrons. The van der Waals surface area contributed by atoms with E-state index in [4.69, 9.17) is 0 Å². The average molecular weight is 285 g/mol. The van der Waals surface area contributed by atoms with E-state index in [2.05, 4.69) is 12.2 Å². The molecule has 1 fully saturated rings. The third-order valence-corrected chi connectivity index (χ3v) is 4.24. The maximum atomic E-state index is 13.0. The molecule has 1 saturated carbocycles. The molecule has 0 unspecified atom stereocenters. The summed E-state index contributed by atoms with van der Waals surface area (Å²) in [6, 6.07) is 2.10. The van der Waals surface area contributed by atoms with Crippen LogP contribution in [0.4, 0.5) is 13.2 Å². The summed E-state index contributed by atoms with van der Waals surface area (Å²) in [6.07, 6.45) is 6.27. The van der Waals surface area contributed by atoms with Crippen molar-refractivity contribution >= 4 is 0 Å². The van der Waals surface area contributed by atoms with Crippen molar-refractivity contribution in [1.29, 1.82) is 0 Å². The van der Waals surface area contributed by atoms with Gasteiger partial charge in [0.25, 0.3) is 0 Å². The summed E-state index contributed by atoms with van der Waals surface area (Å²) in [6.45, 7) is 3.50. The van der Waals surface area contributed by atoms with Gasteiger partial charge in [0.1, 0.15) is 0 Å². The molecule has 0 atom stereocenters. The van der Waals surface area contributed by atoms with Crippen molar-refractivity contribution in [3.8, 4) is 0 Å². The van der Waals surface area contributed by atoms with Crippen molar-refractivity contribution in [2.75, 3.05) is 6.54 Å². The summed E-state index contributed by atoms with van der Waals surface area (Å²) in [4.78, 5) is 0. The van der Waals surface area contributed by atoms with E-state index in [1.54, 1.807) is 0 Å². The smallest absolute Gasteiger partial charge is 0.194 e. The highest BCUT2D eigenvalue weighted by atomic mass is 19.2. The first kappa shape index (κ1) is 15.4. The molecule has 1 aromatic carbocycles. The zero-order valence-electron chi connectivity index (χ0n) is 11.9. The molecule has 1 nitrogen and oxygen atoms in total. The maximum Gasteiger partial charge on any atom is 0.194 e. The third-order valence-electron chi connectivity index (χ3n) is 4.24. The molecule has 0 aromatic heterocycles. The molecule has 0 saturated heterocycles. The normalized spacial score (nSPS) is 23.0. The zero-order chi connectivity index (χ0) is 14.5. The van der Waals surface area contributed by atoms with Gasteiger partial charge in [-0.25, -0.2) is 13.2 Å². The van der Waals surface area contributed by atoms with Crippen LogP contribution >= 0.6 is 0 Å². The molecule has 4 heteroatoms. The largest absolute Gasteiger partial charge is 0.313 e. The van der Waals surface area contributed by atoms with Gasteiger partial charge in [0, 0.05) is 6.54 Å². The van der Waals surface area contributed by atoms with Crippen molar-refractivity contribution < 1.29 is 13.2 Å². The summed E-state index contributed by atoms with van der Waals surface area (Å²) < 4.78 is 38.9. The van der Waals surface area contributed by atoms with Gasteiger partial charge in [-0.3, -0.25) is 0 Å². The van der Waals surface area contributed by atoms with Crippen molar-refractivity contribution in [3.05, 3.63) is 35.1 Å². The van der Waals surface area contributed by atoms with Crippen molar-refractivity contribution in [3.63, 3.8) is 0 Å². The Kier molecular flexibility index (Phi) is 5.46. The van der Waals surface area contributed by atoms with Crippen LogP contribution in [0.5, 0.6) is 0 Å². The van der Waals surface area contributed by atoms with Crippen LogP contribution in [0.15, 0.2) is 12.1 Å². The van der Waals surface area contributed by atoms with E-state index in [1.807, 2.05) is 0 Å². The van der Waals surface area contributed by atoms with E-state index >= 15 is 0 Å². The minimum absolute atomic E-state index is 0.372. The zero-order valence-corrected chi connectivity index (χ0v) is 11.9. The number of benzene rings is 1. The lowest BCUT2D eigenvalue weighted by Crippen LogP contribution is -2.20. The number of rotatable bonds is 5. The number of nitrogens with one attached hydrogen (secondary N) is 1. The molecule has 20 heavy (non-hydrogen) atoms. The molecule has 1 aliphatic carbocycles. The highest BCUT2D eigenvalue weighted by Gasteiger charge is 2.17. The van der Waals surface area contributed by atoms with Gasteiger partial charge in [-0.1, -0.05) is 32.6 Å². The Morgan fingerprint density at radius 2 is 1.65 bits per heavy atom. The Balaban J connectivity index is 1.71. The molecule has 1 aromatic rings. The Morgan fingerprint density at radius 1 is 1.05 bits per heavy atom. The van der Waals surface area contributed by atoms with Gasteiger partial charge in [-0.2, -0.15) is 0 Å². The minimum atomic E-state index is -1.40. The first-order valence-corrected chi connectivity index (χ1v) is 7.40. The van der Waals surface area contributed by atoms with Crippen LogP contribution in [0.25, 0.3) is 0 Å². The second-order valence-electron chi connectivity index (χ2n) is 5.96. The Hall–Kier alpha value is -1.03. The topological polar surface area (TPSA) is 12.0 Å². The lowest BCUT2D eigenvalue weighted by Gasteiger charge is -2.26. The minimum Gasteiger partial charge on any atom is -0.313 e. The van der Waals surface area contributed by atoms with Gasteiger partial charge < -0.3 is 5.32 Å². The fourth-order valence-corrected chi connectivity index (χ4v) is 2.87. The SMILES string of the molecule is CC1CCC(CCNCc2cc(F)c(F)c(F)c2)CC1. The standard InChI is InChI=1S/C16H22F3N/c1-11-2-4-12(5-3-11)6-7-20-10-13-8-14(17)16(19)15(18)9-13/h8-9,11-12,20H,2-7,10H2,1H3. The van der Waals surface area contributed by atoms with Crippen LogP contribution in [0.2, 0.25) is 0 Å². The van der Waals surface area contributed by atoms with Gasteiger partial charge >= 0.3 is 0 Å². The van der Waals surface area contributed by atoms with E-state index in [0.29, 0.717) is 12.1 Å². The van der Waals surface area contributed by atoms with Gasteiger partial charge in [-0.15, -0.1) is 0 Å². The Morgan fingerprint density at radius 3 is 2.25 bits per heavy atom. The van der Waals surface area contributed by atoms with E-state index in [0.717, 1.165) is 36.9 Å². The first-order chi connectivity index (χ1) is 9.56. The summed E-state index contributed by atoms with van der Waals surface area (Å²) >= 11 is 0. The molecule has 0 heterocycles. The van der Waals surface area contributed by atoms with Gasteiger partial charge in [-0.05, 0) is 42.5 Å². The molecule has 1 aliphatic rings. The summed E-state index contributed by atoms with van der Waals surface area (Å²) in [5, 5.41) is 3.18. The highest BCUT2D eigenvalue weighted by Crippen LogP contribution is 2.29. The van der Waals surface area contributed by atoms with Crippen molar-refractivity contribution in [2.24, 2.45) is 11.8 Å². The third kappa shape index (κ3) is 4.23. The van der Waals surface area contributed by atoms with Crippen LogP contribution in [0, 0.1) is 29.3 Å². The van der Waals surface area contributed by atoms with E-state index in [1.165, 1.54) is 25.7 Å². The molecular formula is C16H22F3N. The molecule has 0 spiro atoms. The fraction of sp³-hybridized carbons (Fsp3) is 0.625. The molecule has 0 aliphatic heterocycles. The average Bonchev–Trinajstić information content (AvgIpc) is 2.43. The van der Waals surface area contributed by atoms with Crippen LogP contribution in [0.1, 0.15) is 44.6 Å². The number of halogens is 3. The number of hydrogen-bond donors (Lipinski definition) is 1. The lowest BCUT2D eigenvalue weighted by atomic mass is 9.81. The van der Waals surface area contributed by atoms with Crippen molar-refractivity contribution in [1.82, 2.24) is 5.32 Å². The Labute approximate surface area is 118 Å². The molecule has 1 N–H and O–H groups in total. The fourth-order valence-electron chi connectivity index (χ4n) is 2.87. The van der Waals surface area contributed by atoms with Crippen LogP contribution in [0.3, 0.4) is 0 Å². The second kappa shape index (κ2) is 7.11. The van der Waals surface area contributed by atoms with E-state index in [9.17, 15) is 13.2 Å². The predicted octanol–water partition coefficient (Wildman–Crippen LogP) is 4.41. The second-order valence-corrected chi connectivity index (χ2v) is 5.96. The molecule has 0 amide bonds. The van der Waals surface area contributed by atoms with E-state index < -0.39 is 17.5 Å². The summed E-state index contributed by atoms with van der Waals surface area (Å²) in [5.74, 6) is -2.03. The maximum absolute atomic E-state index is 13.0. The number of hydrogen-bond acceptors (Lipinski definition) is 1. The lowest BCUT2D eigenvalue weighted by molar-refractivity contribution is 0.275. The summed E-state index contributed by atoms with van der Waals surface area (Å²) in [5.41, 5.74) is 0.443. The van der Waals surface area contributed by atoms with Crippen LogP contribution in [-0.2, 0) is 6.54 Å². The Bertz CT molecular complexity index is 416. The molecule has 112 valence electrons. The summed E-state index contributed by atoms with van der Waals surface area (Å²) in [7, 11) is 0. The van der Waals surface area contributed by atoms with Crippen LogP contribution < -0.4 is 5.32 Å². The molecule has 0 bridgehead atoms. The first-order valence-electron chi connectivity index (χ1n) is 7.40. The predicted molar refractivity (Wildman–Crippen MR) is 73.8 cm³/mol. The van der Waals surface area contributed by atoms with Gasteiger partial charge in [0.2, 0.25) is 0 Å². The molecule has 2 rings (SSSR count). The van der Waals surface area contributed by atoms with Crippen molar-refractivity contribution in [2.45, 2.75) is 45.6 Å². The van der Waals surface area contributed by atoms with E-state index in [-0.39, 0.29) is 0 Å². The van der Waals surface area contributed by atoms with Gasteiger partial charge in [0.15, 0.2) is 17.5 Å². The monoisotopic (exact) mass is 285 g/mol.